The number of piperidine rings is 3. The molecule has 0 unspecified atom stereocenters. The lowest BCUT2D eigenvalue weighted by molar-refractivity contribution is -0.935. The smallest absolute Gasteiger partial charge is 0.280 e. The van der Waals surface area contributed by atoms with Gasteiger partial charge in [-0.3, -0.25) is 4.79 Å². The van der Waals surface area contributed by atoms with E-state index < -0.39 is 0 Å². The van der Waals surface area contributed by atoms with Crippen LogP contribution >= 0.6 is 0 Å². The second kappa shape index (κ2) is 5.63. The molecule has 0 radical (unpaired) electrons. The van der Waals surface area contributed by atoms with E-state index in [9.17, 15) is 4.79 Å². The van der Waals surface area contributed by atoms with Crippen molar-refractivity contribution in [1.82, 2.24) is 5.16 Å². The average molecular weight is 330 g/mol. The molecule has 0 spiro atoms. The number of nitrogens with one attached hydrogen (secondary N) is 1. The summed E-state index contributed by atoms with van der Waals surface area (Å²) in [4.78, 5) is 12.1. The first-order chi connectivity index (χ1) is 8.65. The van der Waals surface area contributed by atoms with Crippen LogP contribution in [-0.4, -0.2) is 41.7 Å². The normalized spacial score (nSPS) is 28.8. The highest BCUT2D eigenvalue weighted by Gasteiger charge is 2.40. The summed E-state index contributed by atoms with van der Waals surface area (Å²) in [6, 6.07) is 1.75. The number of halogens is 1. The Morgan fingerprint density at radius 3 is 2.58 bits per heavy atom. The molecule has 0 saturated carbocycles. The Bertz CT molecular complexity index is 439. The molecule has 6 heteroatoms. The highest BCUT2D eigenvalue weighted by molar-refractivity contribution is 5.90. The van der Waals surface area contributed by atoms with Gasteiger partial charge in [0.2, 0.25) is 0 Å². The first-order valence-electron chi connectivity index (χ1n) is 6.73. The van der Waals surface area contributed by atoms with Gasteiger partial charge in [0.05, 0.1) is 19.6 Å². The molecule has 1 amide bonds. The van der Waals surface area contributed by atoms with Gasteiger partial charge in [0.25, 0.3) is 5.91 Å². The lowest BCUT2D eigenvalue weighted by atomic mass is 9.86. The Morgan fingerprint density at radius 2 is 2.05 bits per heavy atom. The molecule has 1 aromatic rings. The molecule has 0 aliphatic carbocycles. The van der Waals surface area contributed by atoms with Gasteiger partial charge in [0, 0.05) is 6.07 Å². The highest BCUT2D eigenvalue weighted by Crippen LogP contribution is 2.33. The molecule has 2 bridgehead atoms. The van der Waals surface area contributed by atoms with Crippen LogP contribution in [0.5, 0.6) is 0 Å². The van der Waals surface area contributed by atoms with Crippen molar-refractivity contribution in [3.63, 3.8) is 0 Å². The lowest BCUT2D eigenvalue weighted by Crippen LogP contribution is -3.00. The molecule has 0 atom stereocenters. The molecule has 3 fully saturated rings. The van der Waals surface area contributed by atoms with Crippen molar-refractivity contribution in [2.24, 2.45) is 5.92 Å². The van der Waals surface area contributed by atoms with Crippen molar-refractivity contribution in [2.45, 2.75) is 26.2 Å². The number of aryl methyl sites for hydroxylation is 1. The quantitative estimate of drug-likeness (QED) is 0.691. The van der Waals surface area contributed by atoms with Gasteiger partial charge in [0.1, 0.15) is 5.76 Å². The Hall–Kier alpha value is -0.880. The number of aromatic nitrogens is 1. The number of carbonyl (C=O) groups is 1. The number of rotatable bonds is 3. The summed E-state index contributed by atoms with van der Waals surface area (Å²) < 4.78 is 5.92. The molecule has 5 nitrogen and oxygen atoms in total. The van der Waals surface area contributed by atoms with E-state index >= 15 is 0 Å². The highest BCUT2D eigenvalue weighted by atomic mass is 79.9. The number of quaternary nitrogens is 1. The van der Waals surface area contributed by atoms with E-state index in [1.807, 2.05) is 6.92 Å². The number of hydrogen-bond donors (Lipinski definition) is 1. The van der Waals surface area contributed by atoms with Crippen molar-refractivity contribution in [3.8, 4) is 0 Å². The molecular weight excluding hydrogens is 310 g/mol. The van der Waals surface area contributed by atoms with Crippen molar-refractivity contribution >= 4 is 11.7 Å². The predicted molar refractivity (Wildman–Crippen MR) is 66.9 cm³/mol. The summed E-state index contributed by atoms with van der Waals surface area (Å²) in [5.74, 6) is 2.23. The zero-order valence-corrected chi connectivity index (χ0v) is 12.8. The Kier molecular flexibility index (Phi) is 4.30. The van der Waals surface area contributed by atoms with Crippen molar-refractivity contribution in [3.05, 3.63) is 11.8 Å². The molecule has 0 aromatic carbocycles. The van der Waals surface area contributed by atoms with Crippen LogP contribution in [0.15, 0.2) is 10.6 Å². The summed E-state index contributed by atoms with van der Waals surface area (Å²) in [6.45, 7) is 5.89. The van der Waals surface area contributed by atoms with E-state index in [-0.39, 0.29) is 22.9 Å². The molecule has 4 rings (SSSR count). The summed E-state index contributed by atoms with van der Waals surface area (Å²) in [7, 11) is 0. The second-order valence-corrected chi connectivity index (χ2v) is 5.77. The molecule has 4 heterocycles. The Labute approximate surface area is 123 Å². The maximum Gasteiger partial charge on any atom is 0.280 e. The third-order valence-electron chi connectivity index (χ3n) is 4.41. The maximum absolute atomic E-state index is 12.1. The van der Waals surface area contributed by atoms with E-state index in [4.69, 9.17) is 4.52 Å². The largest absolute Gasteiger partial charge is 1.00 e. The molecule has 3 aliphatic heterocycles. The molecule has 1 aromatic heterocycles. The second-order valence-electron chi connectivity index (χ2n) is 5.77. The average Bonchev–Trinajstić information content (AvgIpc) is 2.76. The summed E-state index contributed by atoms with van der Waals surface area (Å²) in [5, 5.41) is 6.62. The van der Waals surface area contributed by atoms with Crippen LogP contribution in [0, 0.1) is 12.8 Å². The van der Waals surface area contributed by atoms with Crippen LogP contribution in [0.4, 0.5) is 5.82 Å². The van der Waals surface area contributed by atoms with Crippen molar-refractivity contribution < 1.29 is 30.8 Å². The Morgan fingerprint density at radius 1 is 1.42 bits per heavy atom. The molecule has 3 saturated heterocycles. The SMILES string of the molecule is Cc1cc(NC(=O)C[N+]23CCC(CC2)CC3)no1.[Br-]. The first-order valence-corrected chi connectivity index (χ1v) is 6.73. The summed E-state index contributed by atoms with van der Waals surface area (Å²) >= 11 is 0. The molecule has 1 N–H and O–H groups in total. The van der Waals surface area contributed by atoms with Crippen LogP contribution in [0.3, 0.4) is 0 Å². The first kappa shape index (κ1) is 14.5. The van der Waals surface area contributed by atoms with Gasteiger partial charge in [-0.15, -0.1) is 0 Å². The molecule has 106 valence electrons. The summed E-state index contributed by atoms with van der Waals surface area (Å²) in [5.41, 5.74) is 0. The summed E-state index contributed by atoms with van der Waals surface area (Å²) in [6.07, 6.45) is 3.86. The predicted octanol–water partition coefficient (Wildman–Crippen LogP) is -1.44. The topological polar surface area (TPSA) is 55.1 Å². The van der Waals surface area contributed by atoms with E-state index in [1.165, 1.54) is 19.3 Å². The number of fused-ring (bicyclic) bond motifs is 3. The fourth-order valence-corrected chi connectivity index (χ4v) is 3.29. The van der Waals surface area contributed by atoms with Crippen LogP contribution in [-0.2, 0) is 4.79 Å². The Balaban J connectivity index is 0.00000133. The third kappa shape index (κ3) is 3.17. The van der Waals surface area contributed by atoms with Gasteiger partial charge in [-0.2, -0.15) is 0 Å². The standard InChI is InChI=1S/C13H19N3O2.BrH/c1-10-8-12(15-18-10)14-13(17)9-16-5-2-11(3-6-16)4-7-16;/h8,11H,2-7,9H2,1H3;1H. The van der Waals surface area contributed by atoms with Crippen LogP contribution in [0.25, 0.3) is 0 Å². The van der Waals surface area contributed by atoms with Gasteiger partial charge in [0.15, 0.2) is 12.4 Å². The lowest BCUT2D eigenvalue weighted by Gasteiger charge is -2.48. The number of carbonyl (C=O) groups excluding carboxylic acids is 1. The van der Waals surface area contributed by atoms with Crippen LogP contribution in [0.2, 0.25) is 0 Å². The fourth-order valence-electron chi connectivity index (χ4n) is 3.29. The number of anilines is 1. The van der Waals surface area contributed by atoms with E-state index in [0.29, 0.717) is 12.4 Å². The zero-order valence-electron chi connectivity index (χ0n) is 11.2. The monoisotopic (exact) mass is 329 g/mol. The van der Waals surface area contributed by atoms with Crippen molar-refractivity contribution in [1.29, 1.82) is 0 Å². The maximum atomic E-state index is 12.1. The molecule has 3 aliphatic rings. The van der Waals surface area contributed by atoms with E-state index in [0.717, 1.165) is 35.8 Å². The zero-order chi connectivity index (χ0) is 12.6. The third-order valence-corrected chi connectivity index (χ3v) is 4.41. The van der Waals surface area contributed by atoms with Gasteiger partial charge >= 0.3 is 0 Å². The minimum absolute atomic E-state index is 0. The van der Waals surface area contributed by atoms with Gasteiger partial charge < -0.3 is 31.3 Å². The molecule has 19 heavy (non-hydrogen) atoms. The van der Waals surface area contributed by atoms with Gasteiger partial charge in [-0.05, 0) is 32.1 Å². The molecular formula is C13H20BrN3O2. The number of amides is 1. The van der Waals surface area contributed by atoms with Gasteiger partial charge in [-0.25, -0.2) is 0 Å². The fraction of sp³-hybridized carbons (Fsp3) is 0.692. The van der Waals surface area contributed by atoms with Gasteiger partial charge in [-0.1, -0.05) is 5.16 Å². The van der Waals surface area contributed by atoms with E-state index in [2.05, 4.69) is 10.5 Å². The number of nitrogens with zero attached hydrogens (tertiary/aromatic N) is 2. The minimum Gasteiger partial charge on any atom is -1.00 e. The number of hydrogen-bond acceptors (Lipinski definition) is 3. The van der Waals surface area contributed by atoms with Crippen molar-refractivity contribution in [2.75, 3.05) is 31.5 Å². The van der Waals surface area contributed by atoms with Crippen LogP contribution < -0.4 is 22.3 Å². The van der Waals surface area contributed by atoms with Crippen LogP contribution in [0.1, 0.15) is 25.0 Å². The van der Waals surface area contributed by atoms with E-state index in [1.54, 1.807) is 6.07 Å². The minimum atomic E-state index is 0.